The number of aromatic hydroxyl groups is 1. The fourth-order valence-corrected chi connectivity index (χ4v) is 3.58. The lowest BCUT2D eigenvalue weighted by Crippen LogP contribution is -1.98. The Kier molecular flexibility index (Phi) is 9.31. The highest BCUT2D eigenvalue weighted by Crippen LogP contribution is 2.23. The first-order valence-corrected chi connectivity index (χ1v) is 10.6. The normalized spacial score (nSPS) is 12.2. The molecule has 0 heterocycles. The van der Waals surface area contributed by atoms with Crippen molar-refractivity contribution in [3.05, 3.63) is 65.2 Å². The van der Waals surface area contributed by atoms with Crippen molar-refractivity contribution in [1.29, 1.82) is 0 Å². The number of unbranched alkanes of at least 4 members (excludes halogenated alkanes) is 7. The fourth-order valence-electron chi connectivity index (χ4n) is 3.58. The quantitative estimate of drug-likeness (QED) is 0.394. The van der Waals surface area contributed by atoms with Gasteiger partial charge in [-0.1, -0.05) is 95.2 Å². The first-order chi connectivity index (χ1) is 12.7. The van der Waals surface area contributed by atoms with Crippen molar-refractivity contribution in [3.63, 3.8) is 0 Å². The molecule has 0 aliphatic carbocycles. The Morgan fingerprint density at radius 3 is 1.85 bits per heavy atom. The van der Waals surface area contributed by atoms with E-state index in [1.54, 1.807) is 12.1 Å². The molecule has 0 aliphatic rings. The third-order valence-corrected chi connectivity index (χ3v) is 5.35. The maximum absolute atomic E-state index is 9.41. The molecule has 0 saturated carbocycles. The molecule has 1 unspecified atom stereocenters. The molecular formula is C25H36O. The Bertz CT molecular complexity index is 597. The molecule has 142 valence electrons. The van der Waals surface area contributed by atoms with Gasteiger partial charge >= 0.3 is 0 Å². The molecule has 1 N–H and O–H groups in total. The van der Waals surface area contributed by atoms with Gasteiger partial charge < -0.3 is 5.11 Å². The van der Waals surface area contributed by atoms with E-state index >= 15 is 0 Å². The van der Waals surface area contributed by atoms with Crippen molar-refractivity contribution < 1.29 is 5.11 Å². The number of hydrogen-bond donors (Lipinski definition) is 1. The average molecular weight is 353 g/mol. The highest BCUT2D eigenvalue weighted by Gasteiger charge is 2.07. The van der Waals surface area contributed by atoms with Gasteiger partial charge in [-0.15, -0.1) is 0 Å². The lowest BCUT2D eigenvalue weighted by molar-refractivity contribution is 0.475. The number of aryl methyl sites for hydroxylation is 1. The van der Waals surface area contributed by atoms with E-state index in [2.05, 4.69) is 38.1 Å². The standard InChI is InChI=1S/C25H36O/c1-3-4-5-6-7-8-9-10-11-22-12-14-23(15-13-22)20-21(2)24-16-18-25(26)19-17-24/h12-19,21,26H,3-11,20H2,1-2H3. The summed E-state index contributed by atoms with van der Waals surface area (Å²) in [6.07, 6.45) is 13.3. The molecule has 0 aromatic heterocycles. The van der Waals surface area contributed by atoms with Crippen molar-refractivity contribution in [1.82, 2.24) is 0 Å². The topological polar surface area (TPSA) is 20.2 Å². The largest absolute Gasteiger partial charge is 0.508 e. The van der Waals surface area contributed by atoms with Crippen LogP contribution in [0.1, 0.15) is 87.8 Å². The van der Waals surface area contributed by atoms with Crippen molar-refractivity contribution >= 4 is 0 Å². The van der Waals surface area contributed by atoms with Gasteiger partial charge in [0, 0.05) is 0 Å². The zero-order valence-electron chi connectivity index (χ0n) is 16.7. The van der Waals surface area contributed by atoms with Crippen LogP contribution < -0.4 is 0 Å². The van der Waals surface area contributed by atoms with E-state index in [1.807, 2.05) is 12.1 Å². The molecule has 0 amide bonds. The molecule has 1 atom stereocenters. The molecule has 2 rings (SSSR count). The second kappa shape index (κ2) is 11.8. The van der Waals surface area contributed by atoms with Crippen LogP contribution in [0.4, 0.5) is 0 Å². The maximum Gasteiger partial charge on any atom is 0.115 e. The van der Waals surface area contributed by atoms with Crippen molar-refractivity contribution in [3.8, 4) is 5.75 Å². The van der Waals surface area contributed by atoms with Gasteiger partial charge in [-0.3, -0.25) is 0 Å². The molecule has 2 aromatic rings. The van der Waals surface area contributed by atoms with E-state index in [0.29, 0.717) is 11.7 Å². The van der Waals surface area contributed by atoms with Gasteiger partial charge in [0.05, 0.1) is 0 Å². The maximum atomic E-state index is 9.41. The smallest absolute Gasteiger partial charge is 0.115 e. The molecule has 0 saturated heterocycles. The van der Waals surface area contributed by atoms with Crippen LogP contribution >= 0.6 is 0 Å². The molecule has 0 aliphatic heterocycles. The van der Waals surface area contributed by atoms with E-state index in [1.165, 1.54) is 74.5 Å². The predicted molar refractivity (Wildman–Crippen MR) is 113 cm³/mol. The molecule has 0 fully saturated rings. The van der Waals surface area contributed by atoms with Crippen molar-refractivity contribution in [2.45, 2.75) is 84.0 Å². The van der Waals surface area contributed by atoms with Gasteiger partial charge in [-0.2, -0.15) is 0 Å². The van der Waals surface area contributed by atoms with Gasteiger partial charge in [0.2, 0.25) is 0 Å². The number of rotatable bonds is 12. The molecule has 2 aromatic carbocycles. The Morgan fingerprint density at radius 2 is 1.23 bits per heavy atom. The summed E-state index contributed by atoms with van der Waals surface area (Å²) in [5.74, 6) is 0.806. The summed E-state index contributed by atoms with van der Waals surface area (Å²) >= 11 is 0. The van der Waals surface area contributed by atoms with E-state index < -0.39 is 0 Å². The van der Waals surface area contributed by atoms with Crippen LogP contribution in [0.5, 0.6) is 5.75 Å². The van der Waals surface area contributed by atoms with Crippen LogP contribution in [0.2, 0.25) is 0 Å². The van der Waals surface area contributed by atoms with Crippen LogP contribution in [-0.4, -0.2) is 5.11 Å². The monoisotopic (exact) mass is 352 g/mol. The van der Waals surface area contributed by atoms with Crippen LogP contribution in [0.25, 0.3) is 0 Å². The summed E-state index contributed by atoms with van der Waals surface area (Å²) in [6, 6.07) is 16.8. The first-order valence-electron chi connectivity index (χ1n) is 10.6. The van der Waals surface area contributed by atoms with Crippen LogP contribution in [0.15, 0.2) is 48.5 Å². The fraction of sp³-hybridized carbons (Fsp3) is 0.520. The van der Waals surface area contributed by atoms with Gasteiger partial charge in [-0.25, -0.2) is 0 Å². The van der Waals surface area contributed by atoms with E-state index in [9.17, 15) is 5.11 Å². The molecule has 26 heavy (non-hydrogen) atoms. The van der Waals surface area contributed by atoms with Crippen molar-refractivity contribution in [2.24, 2.45) is 0 Å². The Balaban J connectivity index is 1.67. The zero-order valence-corrected chi connectivity index (χ0v) is 16.7. The van der Waals surface area contributed by atoms with Crippen molar-refractivity contribution in [2.75, 3.05) is 0 Å². The number of benzene rings is 2. The second-order valence-corrected chi connectivity index (χ2v) is 7.74. The number of phenols is 1. The van der Waals surface area contributed by atoms with Crippen LogP contribution in [0.3, 0.4) is 0 Å². The van der Waals surface area contributed by atoms with Gasteiger partial charge in [-0.05, 0) is 54.0 Å². The van der Waals surface area contributed by atoms with E-state index in [4.69, 9.17) is 0 Å². The summed E-state index contributed by atoms with van der Waals surface area (Å²) in [5.41, 5.74) is 4.15. The van der Waals surface area contributed by atoms with Gasteiger partial charge in [0.25, 0.3) is 0 Å². The molecule has 1 heteroatoms. The molecule has 0 radical (unpaired) electrons. The van der Waals surface area contributed by atoms with Crippen LogP contribution in [0, 0.1) is 0 Å². The predicted octanol–water partition coefficient (Wildman–Crippen LogP) is 7.42. The lowest BCUT2D eigenvalue weighted by Gasteiger charge is -2.12. The highest BCUT2D eigenvalue weighted by molar-refractivity contribution is 5.30. The van der Waals surface area contributed by atoms with E-state index in [0.717, 1.165) is 6.42 Å². The average Bonchev–Trinajstić information content (AvgIpc) is 2.65. The minimum atomic E-state index is 0.339. The highest BCUT2D eigenvalue weighted by atomic mass is 16.3. The van der Waals surface area contributed by atoms with Gasteiger partial charge in [0.15, 0.2) is 0 Å². The summed E-state index contributed by atoms with van der Waals surface area (Å²) in [7, 11) is 0. The molecular weight excluding hydrogens is 316 g/mol. The summed E-state index contributed by atoms with van der Waals surface area (Å²) in [6.45, 7) is 4.53. The lowest BCUT2D eigenvalue weighted by atomic mass is 9.93. The Morgan fingerprint density at radius 1 is 0.692 bits per heavy atom. The summed E-state index contributed by atoms with van der Waals surface area (Å²) in [4.78, 5) is 0. The zero-order chi connectivity index (χ0) is 18.6. The van der Waals surface area contributed by atoms with Gasteiger partial charge in [0.1, 0.15) is 5.75 Å². The Hall–Kier alpha value is -1.76. The molecule has 0 spiro atoms. The summed E-state index contributed by atoms with van der Waals surface area (Å²) < 4.78 is 0. The number of phenolic OH excluding ortho intramolecular Hbond substituents is 1. The first kappa shape index (κ1) is 20.6. The Labute approximate surface area is 160 Å². The van der Waals surface area contributed by atoms with E-state index in [-0.39, 0.29) is 0 Å². The SMILES string of the molecule is CCCCCCCCCCc1ccc(CC(C)c2ccc(O)cc2)cc1. The molecule has 1 nitrogen and oxygen atoms in total. The third kappa shape index (κ3) is 7.64. The molecule has 0 bridgehead atoms. The summed E-state index contributed by atoms with van der Waals surface area (Å²) in [5, 5.41) is 9.41. The number of hydrogen-bond acceptors (Lipinski definition) is 1. The van der Waals surface area contributed by atoms with Crippen LogP contribution in [-0.2, 0) is 12.8 Å². The minimum Gasteiger partial charge on any atom is -0.508 e. The second-order valence-electron chi connectivity index (χ2n) is 7.74. The minimum absolute atomic E-state index is 0.339. The third-order valence-electron chi connectivity index (χ3n) is 5.35.